The zero-order valence-corrected chi connectivity index (χ0v) is 47.0. The number of rotatable bonds is 40. The molecule has 4 fully saturated rings. The van der Waals surface area contributed by atoms with E-state index < -0.39 is 23.9 Å². The molecular weight excluding hydrogens is 1050 g/mol. The van der Waals surface area contributed by atoms with Crippen LogP contribution in [0.2, 0.25) is 0 Å². The molecule has 0 spiro atoms. The van der Waals surface area contributed by atoms with Gasteiger partial charge in [-0.3, -0.25) is 0 Å². The quantitative estimate of drug-likeness (QED) is 0.0155. The molecule has 5 aromatic rings. The molecule has 4 aliphatic rings. The highest BCUT2D eigenvalue weighted by atomic mass is 16.6. The van der Waals surface area contributed by atoms with E-state index in [0.29, 0.717) is 73.8 Å². The summed E-state index contributed by atoms with van der Waals surface area (Å²) in [7, 11) is 0. The third kappa shape index (κ3) is 21.4. The Hall–Kier alpha value is -6.98. The van der Waals surface area contributed by atoms with Crippen LogP contribution in [0.3, 0.4) is 0 Å². The van der Waals surface area contributed by atoms with Crippen LogP contribution in [0.5, 0.6) is 46.0 Å². The maximum atomic E-state index is 14.0. The molecule has 5 aromatic carbocycles. The lowest BCUT2D eigenvalue weighted by atomic mass is 10.1. The minimum Gasteiger partial charge on any atom is -0.494 e. The van der Waals surface area contributed by atoms with E-state index >= 15 is 0 Å². The van der Waals surface area contributed by atoms with Crippen LogP contribution >= 0.6 is 0 Å². The first kappa shape index (κ1) is 59.6. The topological polar surface area (TPSA) is 192 Å². The first-order valence-corrected chi connectivity index (χ1v) is 29.7. The van der Waals surface area contributed by atoms with Crippen LogP contribution in [-0.2, 0) is 18.9 Å². The minimum atomic E-state index is -0.821. The van der Waals surface area contributed by atoms with Gasteiger partial charge in [0.15, 0.2) is 23.0 Å². The van der Waals surface area contributed by atoms with Gasteiger partial charge in [-0.15, -0.1) is 0 Å². The van der Waals surface area contributed by atoms with Gasteiger partial charge in [-0.05, 0) is 148 Å². The number of hydrogen-bond acceptors (Lipinski definition) is 16. The van der Waals surface area contributed by atoms with Gasteiger partial charge < -0.3 is 56.8 Å². The number of epoxide rings is 4. The van der Waals surface area contributed by atoms with Crippen molar-refractivity contribution in [3.8, 4) is 46.0 Å². The second-order valence-corrected chi connectivity index (χ2v) is 21.4. The zero-order valence-electron chi connectivity index (χ0n) is 47.0. The highest BCUT2D eigenvalue weighted by Crippen LogP contribution is 2.42. The number of unbranched alkanes of at least 4 members (excludes halogenated alkanes) is 12. The molecule has 0 N–H and O–H groups in total. The van der Waals surface area contributed by atoms with Crippen molar-refractivity contribution in [3.05, 3.63) is 131 Å². The number of hydrogen-bond donors (Lipinski definition) is 0. The largest absolute Gasteiger partial charge is 0.494 e. The lowest BCUT2D eigenvalue weighted by Crippen LogP contribution is -2.16. The summed E-state index contributed by atoms with van der Waals surface area (Å²) in [5.41, 5.74) is 0.619. The van der Waals surface area contributed by atoms with Crippen molar-refractivity contribution in [1.82, 2.24) is 0 Å². The Balaban J connectivity index is 0.895. The summed E-state index contributed by atoms with van der Waals surface area (Å²) in [6, 6.07) is 28.2. The summed E-state index contributed by atoms with van der Waals surface area (Å²) < 4.78 is 68.9. The maximum Gasteiger partial charge on any atom is 0.343 e. The smallest absolute Gasteiger partial charge is 0.343 e. The molecule has 0 aliphatic carbocycles. The van der Waals surface area contributed by atoms with Crippen LogP contribution in [0.15, 0.2) is 109 Å². The van der Waals surface area contributed by atoms with Crippen LogP contribution in [0.25, 0.3) is 0 Å². The van der Waals surface area contributed by atoms with Crippen molar-refractivity contribution in [1.29, 1.82) is 0 Å². The summed E-state index contributed by atoms with van der Waals surface area (Å²) >= 11 is 0. The van der Waals surface area contributed by atoms with E-state index in [-0.39, 0.29) is 45.3 Å². The fourth-order valence-corrected chi connectivity index (χ4v) is 9.24. The minimum absolute atomic E-state index is 0.155. The molecule has 4 saturated heterocycles. The first-order chi connectivity index (χ1) is 40.3. The summed E-state index contributed by atoms with van der Waals surface area (Å²) in [6.45, 7) is 5.60. The second-order valence-electron chi connectivity index (χ2n) is 21.4. The first-order valence-electron chi connectivity index (χ1n) is 29.7. The van der Waals surface area contributed by atoms with Crippen molar-refractivity contribution < 1.29 is 76.0 Å². The van der Waals surface area contributed by atoms with Gasteiger partial charge in [0, 0.05) is 12.1 Å². The summed E-state index contributed by atoms with van der Waals surface area (Å²) in [4.78, 5) is 56.0. The van der Waals surface area contributed by atoms with Crippen molar-refractivity contribution in [2.75, 3.05) is 52.9 Å². The molecule has 4 heterocycles. The average molecular weight is 1130 g/mol. The summed E-state index contributed by atoms with van der Waals surface area (Å²) in [6.07, 6.45) is 22.8. The van der Waals surface area contributed by atoms with Gasteiger partial charge in [-0.1, -0.05) is 77.0 Å². The zero-order chi connectivity index (χ0) is 56.6. The molecule has 0 radical (unpaired) electrons. The van der Waals surface area contributed by atoms with E-state index in [4.69, 9.17) is 56.8 Å². The van der Waals surface area contributed by atoms with E-state index in [1.807, 2.05) is 0 Å². The van der Waals surface area contributed by atoms with Gasteiger partial charge in [0.1, 0.15) is 23.0 Å². The van der Waals surface area contributed by atoms with Gasteiger partial charge in [0.05, 0.1) is 99.5 Å². The van der Waals surface area contributed by atoms with E-state index in [9.17, 15) is 19.2 Å². The Kier molecular flexibility index (Phi) is 23.3. The highest BCUT2D eigenvalue weighted by molar-refractivity contribution is 5.96. The van der Waals surface area contributed by atoms with Crippen molar-refractivity contribution >= 4 is 23.9 Å². The third-order valence-corrected chi connectivity index (χ3v) is 14.5. The van der Waals surface area contributed by atoms with E-state index in [2.05, 4.69) is 0 Å². The van der Waals surface area contributed by atoms with Crippen LogP contribution in [0, 0.1) is 0 Å². The monoisotopic (exact) mass is 1130 g/mol. The van der Waals surface area contributed by atoms with E-state index in [0.717, 1.165) is 155 Å². The van der Waals surface area contributed by atoms with Crippen LogP contribution in [0.1, 0.15) is 170 Å². The standard InChI is InChI=1S/C66H78O16/c67-63(47-21-29-51(30-22-47)71-37-13-5-1-9-17-55-43-75-55)79-59-41-61(81-65(69)49-25-33-53(34-26-49)73-39-15-7-3-11-19-57-45-77-57)62(82-66(70)50-27-35-54(36-28-50)74-40-16-8-4-12-20-58-46-78-58)42-60(59)80-64(68)48-23-31-52(32-24-48)72-38-14-6-2-10-18-56-44-76-56/h21-36,41-42,55-58H,1-20,37-40,43-46H2. The Morgan fingerprint density at radius 3 is 0.683 bits per heavy atom. The average Bonchev–Trinajstić information content (AvgIpc) is 4.30. The second kappa shape index (κ2) is 32.0. The van der Waals surface area contributed by atoms with Gasteiger partial charge >= 0.3 is 23.9 Å². The fourth-order valence-electron chi connectivity index (χ4n) is 9.24. The normalized spacial score (nSPS) is 17.3. The molecule has 0 saturated carbocycles. The predicted molar refractivity (Wildman–Crippen MR) is 305 cm³/mol. The molecule has 4 unspecified atom stereocenters. The Morgan fingerprint density at radius 2 is 0.488 bits per heavy atom. The molecule has 438 valence electrons. The van der Waals surface area contributed by atoms with Crippen LogP contribution < -0.4 is 37.9 Å². The summed E-state index contributed by atoms with van der Waals surface area (Å²) in [5.74, 6) is -2.17. The molecule has 4 atom stereocenters. The maximum absolute atomic E-state index is 14.0. The van der Waals surface area contributed by atoms with Crippen molar-refractivity contribution in [2.45, 2.75) is 153 Å². The number of benzene rings is 5. The molecule has 0 aromatic heterocycles. The Labute approximate surface area is 481 Å². The molecular formula is C66H78O16. The lowest BCUT2D eigenvalue weighted by molar-refractivity contribution is 0.0662. The lowest BCUT2D eigenvalue weighted by Gasteiger charge is -2.16. The van der Waals surface area contributed by atoms with Crippen molar-refractivity contribution in [3.63, 3.8) is 0 Å². The highest BCUT2D eigenvalue weighted by Gasteiger charge is 2.27. The molecule has 4 aliphatic heterocycles. The number of carbonyl (C=O) groups excluding carboxylic acids is 4. The number of ether oxygens (including phenoxy) is 12. The third-order valence-electron chi connectivity index (χ3n) is 14.5. The van der Waals surface area contributed by atoms with Gasteiger partial charge in [0.2, 0.25) is 0 Å². The molecule has 82 heavy (non-hydrogen) atoms. The molecule has 9 rings (SSSR count). The predicted octanol–water partition coefficient (Wildman–Crippen LogP) is 13.5. The Bertz CT molecular complexity index is 2390. The number of esters is 4. The fraction of sp³-hybridized carbons (Fsp3) is 0.485. The van der Waals surface area contributed by atoms with Crippen molar-refractivity contribution in [2.24, 2.45) is 0 Å². The van der Waals surface area contributed by atoms with Gasteiger partial charge in [-0.25, -0.2) is 19.2 Å². The summed E-state index contributed by atoms with van der Waals surface area (Å²) in [5, 5.41) is 0. The Morgan fingerprint density at radius 1 is 0.293 bits per heavy atom. The molecule has 0 amide bonds. The van der Waals surface area contributed by atoms with E-state index in [1.54, 1.807) is 97.1 Å². The SMILES string of the molecule is O=C(Oc1cc(OC(=O)c2ccc(OCCCCCCC3CO3)cc2)c(OC(=O)c2ccc(OCCCCCCC3CO3)cc2)cc1OC(=O)c1ccc(OCCCCCCC2CO2)cc1)c1ccc(OCCCCCCC2CO2)cc1. The number of carbonyl (C=O) groups is 4. The van der Waals surface area contributed by atoms with Gasteiger partial charge in [-0.2, -0.15) is 0 Å². The van der Waals surface area contributed by atoms with Crippen LogP contribution in [0.4, 0.5) is 0 Å². The van der Waals surface area contributed by atoms with Crippen LogP contribution in [-0.4, -0.2) is 101 Å². The van der Waals surface area contributed by atoms with E-state index in [1.165, 1.54) is 12.1 Å². The molecule has 0 bridgehead atoms. The van der Waals surface area contributed by atoms with Gasteiger partial charge in [0.25, 0.3) is 0 Å². The molecule has 16 nitrogen and oxygen atoms in total. The molecule has 16 heteroatoms.